The molecule has 0 unspecified atom stereocenters. The Balaban J connectivity index is 1.59. The van der Waals surface area contributed by atoms with E-state index in [4.69, 9.17) is 9.47 Å². The van der Waals surface area contributed by atoms with E-state index >= 15 is 0 Å². The Labute approximate surface area is 152 Å². The Morgan fingerprint density at radius 2 is 1.62 bits per heavy atom. The van der Waals surface area contributed by atoms with Gasteiger partial charge in [0.05, 0.1) is 18.6 Å². The second-order valence-electron chi connectivity index (χ2n) is 6.96. The summed E-state index contributed by atoms with van der Waals surface area (Å²) in [6, 6.07) is 11.8. The van der Waals surface area contributed by atoms with Crippen molar-refractivity contribution in [2.24, 2.45) is 0 Å². The van der Waals surface area contributed by atoms with E-state index in [1.807, 2.05) is 18.2 Å². The fourth-order valence-electron chi connectivity index (χ4n) is 3.89. The number of carbonyl (C=O) groups excluding carboxylic acids is 1. The van der Waals surface area contributed by atoms with Gasteiger partial charge in [0.2, 0.25) is 5.91 Å². The number of carbonyl (C=O) groups is 1. The van der Waals surface area contributed by atoms with Crippen LogP contribution in [0, 0.1) is 5.82 Å². The number of nitrogens with one attached hydrogen (secondary N) is 1. The van der Waals surface area contributed by atoms with E-state index in [1.165, 1.54) is 12.1 Å². The Bertz CT molecular complexity index is 797. The molecule has 4 nitrogen and oxygen atoms in total. The van der Waals surface area contributed by atoms with Crippen LogP contribution in [0.5, 0.6) is 11.5 Å². The van der Waals surface area contributed by atoms with Crippen LogP contribution < -0.4 is 14.8 Å². The molecule has 26 heavy (non-hydrogen) atoms. The van der Waals surface area contributed by atoms with E-state index in [0.29, 0.717) is 30.4 Å². The second kappa shape index (κ2) is 6.98. The van der Waals surface area contributed by atoms with Crippen molar-refractivity contribution in [1.82, 2.24) is 0 Å². The molecule has 2 aromatic rings. The van der Waals surface area contributed by atoms with Gasteiger partial charge in [-0.15, -0.1) is 0 Å². The van der Waals surface area contributed by atoms with Crippen molar-refractivity contribution >= 4 is 11.6 Å². The predicted molar refractivity (Wildman–Crippen MR) is 97.2 cm³/mol. The van der Waals surface area contributed by atoms with Gasteiger partial charge in [0.15, 0.2) is 11.5 Å². The highest BCUT2D eigenvalue weighted by Crippen LogP contribution is 2.42. The number of benzene rings is 2. The van der Waals surface area contributed by atoms with Crippen molar-refractivity contribution in [2.45, 2.75) is 37.5 Å². The summed E-state index contributed by atoms with van der Waals surface area (Å²) in [7, 11) is 0. The first kappa shape index (κ1) is 16.9. The molecular weight excluding hydrogens is 333 g/mol. The summed E-state index contributed by atoms with van der Waals surface area (Å²) in [5, 5.41) is 3.04. The molecular formula is C21H22FNO3. The third-order valence-corrected chi connectivity index (χ3v) is 5.29. The third-order valence-electron chi connectivity index (χ3n) is 5.29. The molecule has 1 saturated carbocycles. The zero-order chi connectivity index (χ0) is 18.0. The van der Waals surface area contributed by atoms with Gasteiger partial charge in [0.1, 0.15) is 5.82 Å². The normalized spacial score (nSPS) is 18.2. The van der Waals surface area contributed by atoms with Crippen molar-refractivity contribution in [3.63, 3.8) is 0 Å². The Morgan fingerprint density at radius 3 is 2.35 bits per heavy atom. The number of amides is 1. The molecule has 1 N–H and O–H groups in total. The first-order chi connectivity index (χ1) is 12.7. The molecule has 1 aliphatic heterocycles. The van der Waals surface area contributed by atoms with Crippen LogP contribution in [-0.4, -0.2) is 19.1 Å². The summed E-state index contributed by atoms with van der Waals surface area (Å²) in [6.07, 6.45) is 4.37. The number of fused-ring (bicyclic) bond motifs is 1. The molecule has 0 bridgehead atoms. The smallest absolute Gasteiger partial charge is 0.235 e. The van der Waals surface area contributed by atoms with Crippen LogP contribution in [-0.2, 0) is 10.2 Å². The average Bonchev–Trinajstić information content (AvgIpc) is 3.03. The standard InChI is InChI=1S/C21H22FNO3/c22-16-6-4-15(5-7-16)21(10-1-2-11-21)20(24)23-17-8-9-18-19(14-17)26-13-3-12-25-18/h4-9,14H,1-3,10-13H2,(H,23,24). The van der Waals surface area contributed by atoms with Crippen LogP contribution >= 0.6 is 0 Å². The molecule has 0 saturated heterocycles. The fraction of sp³-hybridized carbons (Fsp3) is 0.381. The molecule has 0 spiro atoms. The van der Waals surface area contributed by atoms with E-state index in [0.717, 1.165) is 37.7 Å². The van der Waals surface area contributed by atoms with Gasteiger partial charge in [-0.1, -0.05) is 25.0 Å². The first-order valence-corrected chi connectivity index (χ1v) is 9.15. The lowest BCUT2D eigenvalue weighted by atomic mass is 9.78. The number of rotatable bonds is 3. The summed E-state index contributed by atoms with van der Waals surface area (Å²) in [4.78, 5) is 13.2. The largest absolute Gasteiger partial charge is 0.490 e. The van der Waals surface area contributed by atoms with E-state index in [1.54, 1.807) is 12.1 Å². The summed E-state index contributed by atoms with van der Waals surface area (Å²) in [6.45, 7) is 1.23. The Kier molecular flexibility index (Phi) is 4.53. The maximum atomic E-state index is 13.3. The SMILES string of the molecule is O=C(Nc1ccc2c(c1)OCCCO2)C1(c2ccc(F)cc2)CCCC1. The topological polar surface area (TPSA) is 47.6 Å². The van der Waals surface area contributed by atoms with Gasteiger partial charge in [0, 0.05) is 18.2 Å². The molecule has 136 valence electrons. The van der Waals surface area contributed by atoms with Crippen LogP contribution in [0.1, 0.15) is 37.7 Å². The van der Waals surface area contributed by atoms with Crippen molar-refractivity contribution < 1.29 is 18.7 Å². The molecule has 0 aromatic heterocycles. The molecule has 5 heteroatoms. The van der Waals surface area contributed by atoms with Gasteiger partial charge in [-0.25, -0.2) is 4.39 Å². The predicted octanol–water partition coefficient (Wildman–Crippen LogP) is 4.44. The zero-order valence-corrected chi connectivity index (χ0v) is 14.6. The van der Waals surface area contributed by atoms with Crippen LogP contribution in [0.4, 0.5) is 10.1 Å². The molecule has 1 heterocycles. The number of anilines is 1. The monoisotopic (exact) mass is 355 g/mol. The molecule has 1 fully saturated rings. The average molecular weight is 355 g/mol. The molecule has 0 radical (unpaired) electrons. The summed E-state index contributed by atoms with van der Waals surface area (Å²) < 4.78 is 24.6. The van der Waals surface area contributed by atoms with Crippen LogP contribution in [0.2, 0.25) is 0 Å². The van der Waals surface area contributed by atoms with Crippen molar-refractivity contribution in [3.8, 4) is 11.5 Å². The van der Waals surface area contributed by atoms with Gasteiger partial charge in [0.25, 0.3) is 0 Å². The molecule has 0 atom stereocenters. The molecule has 2 aliphatic rings. The Hall–Kier alpha value is -2.56. The van der Waals surface area contributed by atoms with Gasteiger partial charge >= 0.3 is 0 Å². The van der Waals surface area contributed by atoms with E-state index < -0.39 is 5.41 Å². The molecule has 2 aromatic carbocycles. The minimum Gasteiger partial charge on any atom is -0.490 e. The number of hydrogen-bond acceptors (Lipinski definition) is 3. The fourth-order valence-corrected chi connectivity index (χ4v) is 3.89. The number of halogens is 1. The minimum atomic E-state index is -0.599. The summed E-state index contributed by atoms with van der Waals surface area (Å²) in [5.74, 6) is 1.03. The molecule has 4 rings (SSSR count). The van der Waals surface area contributed by atoms with E-state index in [2.05, 4.69) is 5.32 Å². The van der Waals surface area contributed by atoms with Crippen molar-refractivity contribution in [2.75, 3.05) is 18.5 Å². The van der Waals surface area contributed by atoms with Crippen molar-refractivity contribution in [3.05, 3.63) is 53.8 Å². The van der Waals surface area contributed by atoms with E-state index in [-0.39, 0.29) is 11.7 Å². The molecule has 1 amide bonds. The van der Waals surface area contributed by atoms with Gasteiger partial charge in [-0.2, -0.15) is 0 Å². The minimum absolute atomic E-state index is 0.0453. The molecule has 1 aliphatic carbocycles. The number of hydrogen-bond donors (Lipinski definition) is 1. The third kappa shape index (κ3) is 3.14. The highest BCUT2D eigenvalue weighted by atomic mass is 19.1. The summed E-state index contributed by atoms with van der Waals surface area (Å²) >= 11 is 0. The highest BCUT2D eigenvalue weighted by Gasteiger charge is 2.42. The zero-order valence-electron chi connectivity index (χ0n) is 14.6. The van der Waals surface area contributed by atoms with E-state index in [9.17, 15) is 9.18 Å². The first-order valence-electron chi connectivity index (χ1n) is 9.15. The van der Waals surface area contributed by atoms with Crippen LogP contribution in [0.15, 0.2) is 42.5 Å². The maximum absolute atomic E-state index is 13.3. The quantitative estimate of drug-likeness (QED) is 0.886. The summed E-state index contributed by atoms with van der Waals surface area (Å²) in [5.41, 5.74) is 0.966. The lowest BCUT2D eigenvalue weighted by molar-refractivity contribution is -0.121. The van der Waals surface area contributed by atoms with Gasteiger partial charge in [-0.3, -0.25) is 4.79 Å². The van der Waals surface area contributed by atoms with Gasteiger partial charge < -0.3 is 14.8 Å². The lowest BCUT2D eigenvalue weighted by Gasteiger charge is -2.28. The van der Waals surface area contributed by atoms with Gasteiger partial charge in [-0.05, 0) is 42.7 Å². The van der Waals surface area contributed by atoms with Crippen LogP contribution in [0.3, 0.4) is 0 Å². The second-order valence-corrected chi connectivity index (χ2v) is 6.96. The lowest BCUT2D eigenvalue weighted by Crippen LogP contribution is -2.38. The van der Waals surface area contributed by atoms with Crippen molar-refractivity contribution in [1.29, 1.82) is 0 Å². The highest BCUT2D eigenvalue weighted by molar-refractivity contribution is 5.99. The number of ether oxygens (including phenoxy) is 2. The van der Waals surface area contributed by atoms with Crippen LogP contribution in [0.25, 0.3) is 0 Å². The maximum Gasteiger partial charge on any atom is 0.235 e. The Morgan fingerprint density at radius 1 is 0.923 bits per heavy atom.